The van der Waals surface area contributed by atoms with E-state index in [9.17, 15) is 39.2 Å². The molecule has 196 valence electrons. The number of carboxylic acid groups (broad SMARTS) is 2. The number of carbonyl (C=O) groups is 5. The van der Waals surface area contributed by atoms with Gasteiger partial charge in [0.25, 0.3) is 0 Å². The molecule has 1 aliphatic rings. The minimum atomic E-state index is -1.73. The van der Waals surface area contributed by atoms with Crippen molar-refractivity contribution in [1.82, 2.24) is 20.9 Å². The van der Waals surface area contributed by atoms with Gasteiger partial charge in [0.1, 0.15) is 11.0 Å². The van der Waals surface area contributed by atoms with E-state index in [1.54, 1.807) is 19.2 Å². The number of rotatable bonds is 13. The van der Waals surface area contributed by atoms with E-state index in [4.69, 9.17) is 5.11 Å². The zero-order valence-corrected chi connectivity index (χ0v) is 21.4. The number of carbonyl (C=O) groups excluding carboxylic acids is 3. The van der Waals surface area contributed by atoms with Crippen molar-refractivity contribution in [2.75, 3.05) is 13.6 Å². The van der Waals surface area contributed by atoms with Crippen LogP contribution in [0.25, 0.3) is 0 Å². The van der Waals surface area contributed by atoms with Crippen molar-refractivity contribution in [1.29, 1.82) is 0 Å². The Morgan fingerprint density at radius 3 is 2.42 bits per heavy atom. The highest BCUT2D eigenvalue weighted by molar-refractivity contribution is 14.1. The van der Waals surface area contributed by atoms with Gasteiger partial charge in [0, 0.05) is 32.1 Å². The van der Waals surface area contributed by atoms with Crippen molar-refractivity contribution in [3.05, 3.63) is 31.5 Å². The Labute approximate surface area is 219 Å². The minimum Gasteiger partial charge on any atom is -0.481 e. The Hall–Kier alpha value is -3.68. The molecule has 0 saturated heterocycles. The molecular formula is C21H26IN5O9. The summed E-state index contributed by atoms with van der Waals surface area (Å²) < 4.78 is 0.848. The van der Waals surface area contributed by atoms with E-state index in [0.29, 0.717) is 31.5 Å². The van der Waals surface area contributed by atoms with Gasteiger partial charge < -0.3 is 31.1 Å². The summed E-state index contributed by atoms with van der Waals surface area (Å²) >= 11 is 2.08. The third-order valence-corrected chi connectivity index (χ3v) is 5.43. The van der Waals surface area contributed by atoms with Gasteiger partial charge in [-0.2, -0.15) is 0 Å². The van der Waals surface area contributed by atoms with Crippen molar-refractivity contribution in [2.24, 2.45) is 0 Å². The predicted molar refractivity (Wildman–Crippen MR) is 133 cm³/mol. The SMILES string of the molecule is CN(CCCC[C@H](NC(=O)N[C@@H](CCC(=O)O)C(=O)[N+](=O)[O-])C(=O)O)C(=O)NC1=CC=C(I)C#CC1. The maximum atomic E-state index is 12.3. The summed E-state index contributed by atoms with van der Waals surface area (Å²) in [6.45, 7) is 0.297. The lowest BCUT2D eigenvalue weighted by atomic mass is 10.1. The smallest absolute Gasteiger partial charge is 0.466 e. The number of nitrogens with zero attached hydrogens (tertiary/aromatic N) is 2. The Morgan fingerprint density at radius 2 is 1.81 bits per heavy atom. The first-order chi connectivity index (χ1) is 16.9. The molecule has 0 unspecified atom stereocenters. The largest absolute Gasteiger partial charge is 0.481 e. The molecule has 0 radical (unpaired) electrons. The fourth-order valence-corrected chi connectivity index (χ4v) is 3.25. The molecule has 0 aliphatic heterocycles. The first-order valence-corrected chi connectivity index (χ1v) is 11.8. The number of carboxylic acids is 2. The van der Waals surface area contributed by atoms with Crippen LogP contribution in [0.15, 0.2) is 21.4 Å². The first-order valence-electron chi connectivity index (χ1n) is 10.7. The topological polar surface area (TPSA) is 208 Å². The minimum absolute atomic E-state index is 0.0227. The standard InChI is InChI=1S/C21H26IN5O9/c1-26(21(34)23-14-6-4-5-13(22)8-9-14)12-3-2-7-16(19(31)32)25-20(33)24-15(10-11-17(28)29)18(30)27(35)36/h8-9,15-16H,2-3,6-7,10-12H2,1H3,(H,23,34)(H,28,29)(H,31,32)(H2,24,25,33)/t15-,16-/m0/s1. The first kappa shape index (κ1) is 30.4. The van der Waals surface area contributed by atoms with Crippen LogP contribution in [0.3, 0.4) is 0 Å². The summed E-state index contributed by atoms with van der Waals surface area (Å²) in [5.74, 6) is 1.52. The van der Waals surface area contributed by atoms with Crippen molar-refractivity contribution in [3.63, 3.8) is 0 Å². The van der Waals surface area contributed by atoms with Gasteiger partial charge in [-0.15, -0.1) is 0 Å². The fourth-order valence-electron chi connectivity index (χ4n) is 2.88. The molecule has 0 fully saturated rings. The molecule has 0 aromatic carbocycles. The molecule has 1 aliphatic carbocycles. The Bertz CT molecular complexity index is 1010. The van der Waals surface area contributed by atoms with Crippen LogP contribution >= 0.6 is 22.6 Å². The average molecular weight is 619 g/mol. The molecule has 0 heterocycles. The molecule has 5 N–H and O–H groups in total. The third kappa shape index (κ3) is 11.6. The number of amides is 5. The van der Waals surface area contributed by atoms with Crippen molar-refractivity contribution < 1.29 is 39.1 Å². The van der Waals surface area contributed by atoms with Crippen LogP contribution in [0.2, 0.25) is 0 Å². The van der Waals surface area contributed by atoms with E-state index < -0.39 is 53.7 Å². The molecule has 0 aromatic heterocycles. The number of urea groups is 2. The van der Waals surface area contributed by atoms with E-state index in [1.807, 2.05) is 5.32 Å². The van der Waals surface area contributed by atoms with Gasteiger partial charge in [-0.1, -0.05) is 11.8 Å². The number of hydrogen-bond acceptors (Lipinski definition) is 7. The van der Waals surface area contributed by atoms with Crippen LogP contribution in [0.5, 0.6) is 0 Å². The zero-order chi connectivity index (χ0) is 27.3. The Balaban J connectivity index is 2.53. The summed E-state index contributed by atoms with van der Waals surface area (Å²) in [7, 11) is 1.57. The molecule has 0 aromatic rings. The number of unbranched alkanes of at least 4 members (excludes halogenated alkanes) is 1. The molecular weight excluding hydrogens is 593 g/mol. The zero-order valence-electron chi connectivity index (χ0n) is 19.3. The summed E-state index contributed by atoms with van der Waals surface area (Å²) in [4.78, 5) is 69.1. The maximum Gasteiger partial charge on any atom is 0.466 e. The Morgan fingerprint density at radius 1 is 1.14 bits per heavy atom. The molecule has 0 saturated carbocycles. The van der Waals surface area contributed by atoms with E-state index in [-0.39, 0.29) is 12.5 Å². The number of nitro groups is 1. The van der Waals surface area contributed by atoms with Gasteiger partial charge in [-0.25, -0.2) is 19.2 Å². The lowest BCUT2D eigenvalue weighted by Gasteiger charge is -2.20. The molecule has 1 rings (SSSR count). The molecule has 2 atom stereocenters. The van der Waals surface area contributed by atoms with Crippen LogP contribution in [-0.4, -0.2) is 75.6 Å². The lowest BCUT2D eigenvalue weighted by Crippen LogP contribution is -2.52. The normalized spacial score (nSPS) is 13.8. The molecule has 5 amide bonds. The quantitative estimate of drug-likeness (QED) is 0.0659. The molecule has 36 heavy (non-hydrogen) atoms. The number of hydrogen-bond donors (Lipinski definition) is 5. The summed E-state index contributed by atoms with van der Waals surface area (Å²) in [5, 5.41) is 35.6. The number of allylic oxidation sites excluding steroid dienone is 4. The van der Waals surface area contributed by atoms with Crippen LogP contribution in [0.1, 0.15) is 38.5 Å². The highest BCUT2D eigenvalue weighted by Crippen LogP contribution is 2.10. The van der Waals surface area contributed by atoms with Gasteiger partial charge in [-0.3, -0.25) is 14.9 Å². The van der Waals surface area contributed by atoms with Crippen LogP contribution in [0.4, 0.5) is 9.59 Å². The fraction of sp³-hybridized carbons (Fsp3) is 0.476. The van der Waals surface area contributed by atoms with E-state index in [2.05, 4.69) is 45.1 Å². The number of halogens is 1. The van der Waals surface area contributed by atoms with E-state index >= 15 is 0 Å². The highest BCUT2D eigenvalue weighted by Gasteiger charge is 2.32. The summed E-state index contributed by atoms with van der Waals surface area (Å²) in [6, 6.07) is -4.62. The molecule has 0 spiro atoms. The summed E-state index contributed by atoms with van der Waals surface area (Å²) in [6.07, 6.45) is 3.47. The molecule has 0 bridgehead atoms. The average Bonchev–Trinajstić information content (AvgIpc) is 3.01. The molecule has 14 nitrogen and oxygen atoms in total. The van der Waals surface area contributed by atoms with Gasteiger partial charge >= 0.3 is 29.9 Å². The van der Waals surface area contributed by atoms with Gasteiger partial charge in [0.2, 0.25) is 0 Å². The van der Waals surface area contributed by atoms with Crippen molar-refractivity contribution in [3.8, 4) is 11.8 Å². The second-order valence-corrected chi connectivity index (χ2v) is 8.78. The van der Waals surface area contributed by atoms with Gasteiger partial charge in [0.05, 0.1) is 3.58 Å². The van der Waals surface area contributed by atoms with Crippen LogP contribution in [0, 0.1) is 22.0 Å². The maximum absolute atomic E-state index is 12.3. The second kappa shape index (κ2) is 15.3. The predicted octanol–water partition coefficient (Wildman–Crippen LogP) is 1.20. The lowest BCUT2D eigenvalue weighted by molar-refractivity contribution is -0.404. The van der Waals surface area contributed by atoms with Crippen molar-refractivity contribution >= 4 is 52.5 Å². The second-order valence-electron chi connectivity index (χ2n) is 7.62. The number of nitrogens with one attached hydrogen (secondary N) is 3. The Kier molecular flexibility index (Phi) is 12.9. The summed E-state index contributed by atoms with van der Waals surface area (Å²) in [5.41, 5.74) is 0.643. The van der Waals surface area contributed by atoms with E-state index in [1.165, 1.54) is 4.90 Å². The highest BCUT2D eigenvalue weighted by atomic mass is 127. The number of aliphatic carboxylic acids is 2. The molecule has 15 heteroatoms. The monoisotopic (exact) mass is 619 g/mol. The van der Waals surface area contributed by atoms with Gasteiger partial charge in [0.15, 0.2) is 6.04 Å². The van der Waals surface area contributed by atoms with Crippen LogP contribution < -0.4 is 16.0 Å². The van der Waals surface area contributed by atoms with Crippen molar-refractivity contribution in [2.45, 2.75) is 50.6 Å². The third-order valence-electron chi connectivity index (χ3n) is 4.80. The van der Waals surface area contributed by atoms with E-state index in [0.717, 1.165) is 3.58 Å². The van der Waals surface area contributed by atoms with Crippen LogP contribution in [-0.2, 0) is 14.4 Å². The van der Waals surface area contributed by atoms with Gasteiger partial charge in [-0.05, 0) is 60.4 Å².